The molecule has 2 aromatic rings. The molecule has 1 heterocycles. The topological polar surface area (TPSA) is 37.4 Å². The van der Waals surface area contributed by atoms with E-state index < -0.39 is 17.5 Å². The van der Waals surface area contributed by atoms with Crippen molar-refractivity contribution in [2.45, 2.75) is 6.54 Å². The number of ketones is 1. The molecule has 0 aliphatic carbocycles. The van der Waals surface area contributed by atoms with Crippen molar-refractivity contribution in [1.29, 1.82) is 0 Å². The third-order valence-electron chi connectivity index (χ3n) is 3.23. The molecule has 0 N–H and O–H groups in total. The van der Waals surface area contributed by atoms with Crippen LogP contribution < -0.4 is 4.90 Å². The smallest absolute Gasteiger partial charge is 0.299 e. The van der Waals surface area contributed by atoms with Crippen molar-refractivity contribution < 1.29 is 14.0 Å². The Morgan fingerprint density at radius 3 is 2.55 bits per heavy atom. The number of hydrogen-bond acceptors (Lipinski definition) is 2. The maximum Gasteiger partial charge on any atom is 0.299 e. The van der Waals surface area contributed by atoms with Gasteiger partial charge in [0.25, 0.3) is 11.7 Å². The zero-order valence-electron chi connectivity index (χ0n) is 10.3. The number of fused-ring (bicyclic) bond motifs is 1. The highest BCUT2D eigenvalue weighted by molar-refractivity contribution is 9.10. The first-order valence-electron chi connectivity index (χ1n) is 5.97. The molecule has 0 saturated heterocycles. The van der Waals surface area contributed by atoms with Gasteiger partial charge in [0, 0.05) is 10.0 Å². The first-order chi connectivity index (χ1) is 9.59. The number of hydrogen-bond donors (Lipinski definition) is 0. The summed E-state index contributed by atoms with van der Waals surface area (Å²) >= 11 is 3.33. The van der Waals surface area contributed by atoms with E-state index in [1.54, 1.807) is 36.4 Å². The van der Waals surface area contributed by atoms with E-state index in [1.165, 1.54) is 11.0 Å². The van der Waals surface area contributed by atoms with Gasteiger partial charge in [0.1, 0.15) is 5.82 Å². The number of anilines is 1. The number of Topliss-reactive ketones (excluding diaryl/α,β-unsaturated/α-hetero) is 1. The molecule has 0 radical (unpaired) electrons. The van der Waals surface area contributed by atoms with E-state index in [4.69, 9.17) is 0 Å². The fraction of sp³-hybridized carbons (Fsp3) is 0.0667. The third-order valence-corrected chi connectivity index (χ3v) is 3.87. The Hall–Kier alpha value is -2.01. The molecular formula is C15H9BrFNO2. The average molecular weight is 334 g/mol. The summed E-state index contributed by atoms with van der Waals surface area (Å²) in [6, 6.07) is 11.3. The SMILES string of the molecule is O=C1C(=O)N(Cc2ccccc2F)c2c(Br)cccc21. The van der Waals surface area contributed by atoms with Crippen LogP contribution in [-0.2, 0) is 11.3 Å². The van der Waals surface area contributed by atoms with Gasteiger partial charge in [-0.3, -0.25) is 14.5 Å². The lowest BCUT2D eigenvalue weighted by atomic mass is 10.1. The molecule has 1 amide bonds. The zero-order chi connectivity index (χ0) is 14.3. The van der Waals surface area contributed by atoms with Gasteiger partial charge in [-0.05, 0) is 34.1 Å². The predicted molar refractivity (Wildman–Crippen MR) is 76.1 cm³/mol. The number of carbonyl (C=O) groups is 2. The van der Waals surface area contributed by atoms with E-state index in [9.17, 15) is 14.0 Å². The summed E-state index contributed by atoms with van der Waals surface area (Å²) in [6.07, 6.45) is 0. The highest BCUT2D eigenvalue weighted by Gasteiger charge is 2.37. The minimum Gasteiger partial charge on any atom is -0.299 e. The van der Waals surface area contributed by atoms with Crippen molar-refractivity contribution in [2.75, 3.05) is 4.90 Å². The fourth-order valence-electron chi connectivity index (χ4n) is 2.26. The van der Waals surface area contributed by atoms with Gasteiger partial charge < -0.3 is 0 Å². The standard InChI is InChI=1S/C15H9BrFNO2/c16-11-6-3-5-10-13(11)18(15(20)14(10)19)8-9-4-1-2-7-12(9)17/h1-7H,8H2. The molecule has 0 saturated carbocycles. The normalized spacial score (nSPS) is 13.8. The molecule has 3 rings (SSSR count). The molecule has 3 nitrogen and oxygen atoms in total. The lowest BCUT2D eigenvalue weighted by Gasteiger charge is -2.18. The van der Waals surface area contributed by atoms with Crippen molar-refractivity contribution in [3.05, 3.63) is 63.9 Å². The molecule has 0 spiro atoms. The number of para-hydroxylation sites is 1. The Kier molecular flexibility index (Phi) is 3.14. The summed E-state index contributed by atoms with van der Waals surface area (Å²) in [5.41, 5.74) is 1.23. The number of rotatable bonds is 2. The van der Waals surface area contributed by atoms with Gasteiger partial charge in [0.05, 0.1) is 17.8 Å². The van der Waals surface area contributed by atoms with Crippen LogP contribution in [-0.4, -0.2) is 11.7 Å². The minimum absolute atomic E-state index is 0.0346. The van der Waals surface area contributed by atoms with E-state index >= 15 is 0 Å². The molecule has 0 bridgehead atoms. The Bertz CT molecular complexity index is 730. The van der Waals surface area contributed by atoms with Gasteiger partial charge in [0.15, 0.2) is 0 Å². The van der Waals surface area contributed by atoms with Crippen LogP contribution in [0.2, 0.25) is 0 Å². The summed E-state index contributed by atoms with van der Waals surface area (Å²) < 4.78 is 14.4. The summed E-state index contributed by atoms with van der Waals surface area (Å²) in [5, 5.41) is 0. The molecule has 0 atom stereocenters. The maximum atomic E-state index is 13.7. The molecule has 1 aliphatic rings. The summed E-state index contributed by atoms with van der Waals surface area (Å²) in [4.78, 5) is 25.3. The second-order valence-corrected chi connectivity index (χ2v) is 5.30. The van der Waals surface area contributed by atoms with Gasteiger partial charge in [-0.1, -0.05) is 24.3 Å². The summed E-state index contributed by atoms with van der Waals surface area (Å²) in [6.45, 7) is 0.0346. The van der Waals surface area contributed by atoms with Gasteiger partial charge in [-0.2, -0.15) is 0 Å². The quantitative estimate of drug-likeness (QED) is 0.790. The predicted octanol–water partition coefficient (Wildman–Crippen LogP) is 3.32. The Balaban J connectivity index is 2.06. The van der Waals surface area contributed by atoms with Crippen LogP contribution in [0.4, 0.5) is 10.1 Å². The Morgan fingerprint density at radius 1 is 1.05 bits per heavy atom. The maximum absolute atomic E-state index is 13.7. The average Bonchev–Trinajstić information content (AvgIpc) is 2.68. The van der Waals surface area contributed by atoms with E-state index in [2.05, 4.69) is 15.9 Å². The molecule has 1 aliphatic heterocycles. The van der Waals surface area contributed by atoms with Crippen molar-refractivity contribution in [2.24, 2.45) is 0 Å². The van der Waals surface area contributed by atoms with Crippen molar-refractivity contribution in [1.82, 2.24) is 0 Å². The lowest BCUT2D eigenvalue weighted by molar-refractivity contribution is -0.114. The van der Waals surface area contributed by atoms with Gasteiger partial charge >= 0.3 is 0 Å². The van der Waals surface area contributed by atoms with E-state index in [-0.39, 0.29) is 6.54 Å². The third kappa shape index (κ3) is 1.94. The number of benzene rings is 2. The Labute approximate surface area is 123 Å². The minimum atomic E-state index is -0.629. The molecule has 100 valence electrons. The first-order valence-corrected chi connectivity index (χ1v) is 6.77. The second-order valence-electron chi connectivity index (χ2n) is 4.45. The summed E-state index contributed by atoms with van der Waals surface area (Å²) in [5.74, 6) is -1.58. The summed E-state index contributed by atoms with van der Waals surface area (Å²) in [7, 11) is 0. The molecule has 0 fully saturated rings. The number of halogens is 2. The van der Waals surface area contributed by atoms with Crippen LogP contribution >= 0.6 is 15.9 Å². The largest absolute Gasteiger partial charge is 0.299 e. The highest BCUT2D eigenvalue weighted by Crippen LogP contribution is 2.36. The second kappa shape index (κ2) is 4.83. The van der Waals surface area contributed by atoms with Crippen molar-refractivity contribution in [3.8, 4) is 0 Å². The molecule has 2 aromatic carbocycles. The zero-order valence-corrected chi connectivity index (χ0v) is 11.9. The van der Waals surface area contributed by atoms with Crippen LogP contribution in [0.25, 0.3) is 0 Å². The van der Waals surface area contributed by atoms with Crippen LogP contribution in [0.15, 0.2) is 46.9 Å². The lowest BCUT2D eigenvalue weighted by Crippen LogP contribution is -2.29. The van der Waals surface area contributed by atoms with Crippen LogP contribution in [0, 0.1) is 5.82 Å². The van der Waals surface area contributed by atoms with Crippen LogP contribution in [0.3, 0.4) is 0 Å². The number of nitrogens with zero attached hydrogens (tertiary/aromatic N) is 1. The van der Waals surface area contributed by atoms with E-state index in [0.717, 1.165) is 0 Å². The van der Waals surface area contributed by atoms with Crippen LogP contribution in [0.1, 0.15) is 15.9 Å². The molecule has 5 heteroatoms. The van der Waals surface area contributed by atoms with Gasteiger partial charge in [0.2, 0.25) is 0 Å². The van der Waals surface area contributed by atoms with Gasteiger partial charge in [-0.15, -0.1) is 0 Å². The highest BCUT2D eigenvalue weighted by atomic mass is 79.9. The van der Waals surface area contributed by atoms with Crippen molar-refractivity contribution >= 4 is 33.3 Å². The number of carbonyl (C=O) groups excluding carboxylic acids is 2. The van der Waals surface area contributed by atoms with Crippen molar-refractivity contribution in [3.63, 3.8) is 0 Å². The molecule has 0 aromatic heterocycles. The van der Waals surface area contributed by atoms with Gasteiger partial charge in [-0.25, -0.2) is 4.39 Å². The molecule has 0 unspecified atom stereocenters. The van der Waals surface area contributed by atoms with E-state index in [0.29, 0.717) is 21.3 Å². The molecule has 20 heavy (non-hydrogen) atoms. The monoisotopic (exact) mass is 333 g/mol. The fourth-order valence-corrected chi connectivity index (χ4v) is 2.84. The van der Waals surface area contributed by atoms with E-state index in [1.807, 2.05) is 0 Å². The Morgan fingerprint density at radius 2 is 1.80 bits per heavy atom. The molecular weight excluding hydrogens is 325 g/mol. The number of amides is 1. The first kappa shape index (κ1) is 13.0. The van der Waals surface area contributed by atoms with Crippen LogP contribution in [0.5, 0.6) is 0 Å².